The Bertz CT molecular complexity index is 668. The second-order valence-electron chi connectivity index (χ2n) is 4.44. The van der Waals surface area contributed by atoms with E-state index in [2.05, 4.69) is 5.10 Å². The lowest BCUT2D eigenvalue weighted by atomic mass is 10.2. The van der Waals surface area contributed by atoms with Crippen LogP contribution < -0.4 is 5.73 Å². The molecule has 0 radical (unpaired) electrons. The van der Waals surface area contributed by atoms with Gasteiger partial charge in [-0.3, -0.25) is 4.79 Å². The van der Waals surface area contributed by atoms with Crippen molar-refractivity contribution >= 4 is 23.5 Å². The zero-order valence-corrected chi connectivity index (χ0v) is 12.1. The monoisotopic (exact) mass is 307 g/mol. The molecular weight excluding hydrogens is 294 g/mol. The lowest BCUT2D eigenvalue weighted by Gasteiger charge is -2.04. The number of esters is 1. The van der Waals surface area contributed by atoms with E-state index in [1.807, 2.05) is 30.3 Å². The van der Waals surface area contributed by atoms with Gasteiger partial charge in [-0.25, -0.2) is 9.48 Å². The predicted octanol–water partition coefficient (Wildman–Crippen LogP) is 1.54. The number of primary amides is 1. The Kier molecular flexibility index (Phi) is 4.59. The number of hydrogen-bond acceptors (Lipinski definition) is 4. The minimum absolute atomic E-state index is 0.147. The number of ether oxygens (including phenoxy) is 1. The summed E-state index contributed by atoms with van der Waals surface area (Å²) >= 11 is 6.17. The first-order valence-electron chi connectivity index (χ1n) is 6.21. The van der Waals surface area contributed by atoms with Crippen molar-refractivity contribution in [3.63, 3.8) is 0 Å². The average molecular weight is 308 g/mol. The largest absolute Gasteiger partial charge is 0.452 e. The molecule has 1 aromatic carbocycles. The quantitative estimate of drug-likeness (QED) is 0.849. The fraction of sp³-hybridized carbons (Fsp3) is 0.214. The molecule has 0 bridgehead atoms. The number of aromatic nitrogens is 2. The summed E-state index contributed by atoms with van der Waals surface area (Å²) in [6, 6.07) is 9.58. The number of hydrogen-bond donors (Lipinski definition) is 1. The maximum absolute atomic E-state index is 11.9. The van der Waals surface area contributed by atoms with Crippen LogP contribution in [-0.4, -0.2) is 28.3 Å². The molecule has 2 rings (SSSR count). The maximum Gasteiger partial charge on any atom is 0.343 e. The molecule has 1 amide bonds. The van der Waals surface area contributed by atoms with Crippen molar-refractivity contribution in [2.24, 2.45) is 5.73 Å². The topological polar surface area (TPSA) is 87.2 Å². The van der Waals surface area contributed by atoms with E-state index in [9.17, 15) is 9.59 Å². The minimum atomic E-state index is -0.728. The van der Waals surface area contributed by atoms with Crippen molar-refractivity contribution in [3.05, 3.63) is 52.3 Å². The Morgan fingerprint density at radius 3 is 2.62 bits per heavy atom. The Balaban J connectivity index is 2.21. The summed E-state index contributed by atoms with van der Waals surface area (Å²) in [5.41, 5.74) is 6.51. The third-order valence-electron chi connectivity index (χ3n) is 2.79. The summed E-state index contributed by atoms with van der Waals surface area (Å²) in [5.74, 6) is -1.44. The van der Waals surface area contributed by atoms with Crippen LogP contribution in [0.2, 0.25) is 5.15 Å². The van der Waals surface area contributed by atoms with E-state index >= 15 is 0 Å². The third kappa shape index (κ3) is 3.61. The zero-order chi connectivity index (χ0) is 15.4. The van der Waals surface area contributed by atoms with Crippen molar-refractivity contribution < 1.29 is 14.3 Å². The number of nitrogens with zero attached hydrogens (tertiary/aromatic N) is 2. The highest BCUT2D eigenvalue weighted by Gasteiger charge is 2.22. The normalized spacial score (nSPS) is 10.4. The van der Waals surface area contributed by atoms with E-state index in [-0.39, 0.29) is 10.7 Å². The number of halogens is 1. The molecule has 110 valence electrons. The Morgan fingerprint density at radius 2 is 2.00 bits per heavy atom. The zero-order valence-electron chi connectivity index (χ0n) is 11.4. The molecule has 0 saturated heterocycles. The Hall–Kier alpha value is -2.34. The first kappa shape index (κ1) is 15.1. The maximum atomic E-state index is 11.9. The van der Waals surface area contributed by atoms with Gasteiger partial charge in [0, 0.05) is 0 Å². The van der Waals surface area contributed by atoms with E-state index in [1.54, 1.807) is 6.92 Å². The molecule has 0 spiro atoms. The number of aryl methyl sites for hydroxylation is 1. The van der Waals surface area contributed by atoms with Crippen molar-refractivity contribution in [1.29, 1.82) is 0 Å². The van der Waals surface area contributed by atoms with Crippen LogP contribution in [0.15, 0.2) is 30.3 Å². The second kappa shape index (κ2) is 6.41. The summed E-state index contributed by atoms with van der Waals surface area (Å²) < 4.78 is 6.27. The molecule has 1 aromatic heterocycles. The number of carbonyl (C=O) groups excluding carboxylic acids is 2. The van der Waals surface area contributed by atoms with Gasteiger partial charge in [0.1, 0.15) is 10.7 Å². The molecule has 0 unspecified atom stereocenters. The first-order valence-corrected chi connectivity index (χ1v) is 6.59. The van der Waals surface area contributed by atoms with Gasteiger partial charge < -0.3 is 10.5 Å². The van der Waals surface area contributed by atoms with Gasteiger partial charge in [0.25, 0.3) is 5.91 Å². The smallest absolute Gasteiger partial charge is 0.343 e. The van der Waals surface area contributed by atoms with Gasteiger partial charge in [-0.2, -0.15) is 5.10 Å². The molecule has 2 aromatic rings. The van der Waals surface area contributed by atoms with Gasteiger partial charge in [-0.15, -0.1) is 0 Å². The van der Waals surface area contributed by atoms with Crippen LogP contribution in [0.25, 0.3) is 0 Å². The van der Waals surface area contributed by atoms with Crippen LogP contribution in [0.5, 0.6) is 0 Å². The van der Waals surface area contributed by atoms with Crippen LogP contribution in [0, 0.1) is 6.92 Å². The molecule has 0 aliphatic rings. The van der Waals surface area contributed by atoms with Gasteiger partial charge in [-0.1, -0.05) is 41.9 Å². The molecule has 21 heavy (non-hydrogen) atoms. The lowest BCUT2D eigenvalue weighted by Crippen LogP contribution is -2.21. The molecule has 7 heteroatoms. The number of rotatable bonds is 5. The molecule has 2 N–H and O–H groups in total. The van der Waals surface area contributed by atoms with Crippen molar-refractivity contribution in [2.45, 2.75) is 13.5 Å². The molecule has 0 aliphatic carbocycles. The fourth-order valence-corrected chi connectivity index (χ4v) is 2.17. The van der Waals surface area contributed by atoms with E-state index in [4.69, 9.17) is 22.1 Å². The summed E-state index contributed by atoms with van der Waals surface area (Å²) in [6.45, 7) is 1.59. The highest BCUT2D eigenvalue weighted by atomic mass is 35.5. The van der Waals surface area contributed by atoms with Gasteiger partial charge >= 0.3 is 5.97 Å². The number of carbonyl (C=O) groups is 2. The summed E-state index contributed by atoms with van der Waals surface area (Å²) in [5, 5.41) is 4.39. The van der Waals surface area contributed by atoms with Crippen LogP contribution >= 0.6 is 11.6 Å². The highest BCUT2D eigenvalue weighted by Crippen LogP contribution is 2.21. The molecular formula is C14H14ClN3O3. The molecule has 0 aliphatic heterocycles. The lowest BCUT2D eigenvalue weighted by molar-refractivity contribution is -0.121. The fourth-order valence-electron chi connectivity index (χ4n) is 1.86. The first-order chi connectivity index (χ1) is 9.99. The van der Waals surface area contributed by atoms with E-state index in [1.165, 1.54) is 4.68 Å². The second-order valence-corrected chi connectivity index (χ2v) is 4.79. The number of benzene rings is 1. The van der Waals surface area contributed by atoms with Gasteiger partial charge in [0.15, 0.2) is 6.61 Å². The standard InChI is InChI=1S/C14H14ClN3O3/c1-9-12(14(20)21-8-11(16)19)13(15)18(17-9)7-10-5-3-2-4-6-10/h2-6H,7-8H2,1H3,(H2,16,19). The average Bonchev–Trinajstić information content (AvgIpc) is 2.72. The van der Waals surface area contributed by atoms with Crippen molar-refractivity contribution in [2.75, 3.05) is 6.61 Å². The highest BCUT2D eigenvalue weighted by molar-refractivity contribution is 6.32. The molecule has 0 atom stereocenters. The van der Waals surface area contributed by atoms with Crippen LogP contribution in [0.1, 0.15) is 21.6 Å². The Labute approximate surface area is 126 Å². The predicted molar refractivity (Wildman–Crippen MR) is 77.0 cm³/mol. The van der Waals surface area contributed by atoms with E-state index in [0.29, 0.717) is 12.2 Å². The Morgan fingerprint density at radius 1 is 1.33 bits per heavy atom. The summed E-state index contributed by atoms with van der Waals surface area (Å²) in [6.07, 6.45) is 0. The van der Waals surface area contributed by atoms with Crippen LogP contribution in [0.3, 0.4) is 0 Å². The van der Waals surface area contributed by atoms with E-state index < -0.39 is 18.5 Å². The van der Waals surface area contributed by atoms with Crippen LogP contribution in [0.4, 0.5) is 0 Å². The number of nitrogens with two attached hydrogens (primary N) is 1. The number of amides is 1. The summed E-state index contributed by atoms with van der Waals surface area (Å²) in [4.78, 5) is 22.5. The van der Waals surface area contributed by atoms with Gasteiger partial charge in [-0.05, 0) is 12.5 Å². The third-order valence-corrected chi connectivity index (χ3v) is 3.17. The minimum Gasteiger partial charge on any atom is -0.452 e. The molecule has 1 heterocycles. The van der Waals surface area contributed by atoms with Crippen molar-refractivity contribution in [3.8, 4) is 0 Å². The van der Waals surface area contributed by atoms with Gasteiger partial charge in [0.05, 0.1) is 12.2 Å². The molecule has 0 fully saturated rings. The summed E-state index contributed by atoms with van der Waals surface area (Å²) in [7, 11) is 0. The van der Waals surface area contributed by atoms with Crippen LogP contribution in [-0.2, 0) is 16.1 Å². The molecule has 6 nitrogen and oxygen atoms in total. The van der Waals surface area contributed by atoms with Crippen molar-refractivity contribution in [1.82, 2.24) is 9.78 Å². The SMILES string of the molecule is Cc1nn(Cc2ccccc2)c(Cl)c1C(=O)OCC(N)=O. The molecule has 0 saturated carbocycles. The van der Waals surface area contributed by atoms with E-state index in [0.717, 1.165) is 5.56 Å². The van der Waals surface area contributed by atoms with Gasteiger partial charge in [0.2, 0.25) is 0 Å².